The number of anilines is 1. The van der Waals surface area contributed by atoms with Gasteiger partial charge >= 0.3 is 0 Å². The molecule has 2 aliphatic carbocycles. The smallest absolute Gasteiger partial charge is 0.285 e. The van der Waals surface area contributed by atoms with Crippen LogP contribution in [0.25, 0.3) is 0 Å². The van der Waals surface area contributed by atoms with Crippen molar-refractivity contribution in [3.63, 3.8) is 0 Å². The van der Waals surface area contributed by atoms with Crippen LogP contribution in [-0.4, -0.2) is 16.9 Å². The number of nitrogens with zero attached hydrogens (tertiary/aromatic N) is 1. The van der Waals surface area contributed by atoms with Gasteiger partial charge in [-0.15, -0.1) is 0 Å². The average Bonchev–Trinajstić information content (AvgIpc) is 3.29. The first kappa shape index (κ1) is 13.8. The first-order valence-corrected chi connectivity index (χ1v) is 7.01. The maximum atomic E-state index is 13.4. The standard InChI is InChI=1S/C14H16FN3O3/c15-10-6-12(18(20)21)9(5-11(10)16)14(19)17-13(7-1-2-7)8-3-4-8/h5-8,13H,1-4,16H2,(H,17,19). The maximum absolute atomic E-state index is 13.4. The van der Waals surface area contributed by atoms with Gasteiger partial charge in [0.05, 0.1) is 16.7 Å². The highest BCUT2D eigenvalue weighted by molar-refractivity contribution is 5.99. The summed E-state index contributed by atoms with van der Waals surface area (Å²) < 4.78 is 13.4. The van der Waals surface area contributed by atoms with Crippen LogP contribution in [0.3, 0.4) is 0 Å². The highest BCUT2D eigenvalue weighted by Crippen LogP contribution is 2.44. The van der Waals surface area contributed by atoms with Gasteiger partial charge in [-0.1, -0.05) is 0 Å². The van der Waals surface area contributed by atoms with Crippen LogP contribution in [0.15, 0.2) is 12.1 Å². The second kappa shape index (κ2) is 4.98. The van der Waals surface area contributed by atoms with Crippen LogP contribution in [0.5, 0.6) is 0 Å². The topological polar surface area (TPSA) is 98.3 Å². The van der Waals surface area contributed by atoms with Gasteiger partial charge in [-0.25, -0.2) is 4.39 Å². The van der Waals surface area contributed by atoms with E-state index in [0.717, 1.165) is 31.7 Å². The molecule has 0 unspecified atom stereocenters. The minimum Gasteiger partial charge on any atom is -0.396 e. The quantitative estimate of drug-likeness (QED) is 0.494. The van der Waals surface area contributed by atoms with Gasteiger partial charge in [0.25, 0.3) is 11.6 Å². The van der Waals surface area contributed by atoms with Crippen molar-refractivity contribution in [2.45, 2.75) is 31.7 Å². The van der Waals surface area contributed by atoms with Crippen molar-refractivity contribution in [2.24, 2.45) is 11.8 Å². The molecule has 112 valence electrons. The van der Waals surface area contributed by atoms with E-state index in [2.05, 4.69) is 5.32 Å². The van der Waals surface area contributed by atoms with Crippen molar-refractivity contribution in [2.75, 3.05) is 5.73 Å². The van der Waals surface area contributed by atoms with E-state index in [4.69, 9.17) is 5.73 Å². The van der Waals surface area contributed by atoms with E-state index < -0.39 is 22.3 Å². The Morgan fingerprint density at radius 1 is 1.33 bits per heavy atom. The van der Waals surface area contributed by atoms with Crippen molar-refractivity contribution in [3.05, 3.63) is 33.6 Å². The van der Waals surface area contributed by atoms with Crippen LogP contribution in [0, 0.1) is 27.8 Å². The number of carbonyl (C=O) groups is 1. The Labute approximate surface area is 120 Å². The Kier molecular flexibility index (Phi) is 3.27. The second-order valence-corrected chi connectivity index (χ2v) is 5.82. The predicted octanol–water partition coefficient (Wildman–Crippen LogP) is 2.23. The summed E-state index contributed by atoms with van der Waals surface area (Å²) >= 11 is 0. The highest BCUT2D eigenvalue weighted by atomic mass is 19.1. The van der Waals surface area contributed by atoms with Gasteiger partial charge in [-0.2, -0.15) is 0 Å². The van der Waals surface area contributed by atoms with Gasteiger partial charge in [0, 0.05) is 6.04 Å². The third-order valence-corrected chi connectivity index (χ3v) is 4.11. The van der Waals surface area contributed by atoms with E-state index in [1.807, 2.05) is 0 Å². The molecular weight excluding hydrogens is 277 g/mol. The van der Waals surface area contributed by atoms with Crippen molar-refractivity contribution >= 4 is 17.3 Å². The number of carbonyl (C=O) groups excluding carboxylic acids is 1. The minimum absolute atomic E-state index is 0.0726. The highest BCUT2D eigenvalue weighted by Gasteiger charge is 2.42. The molecule has 0 saturated heterocycles. The van der Waals surface area contributed by atoms with E-state index in [1.165, 1.54) is 0 Å². The number of nitro benzene ring substituents is 1. The lowest BCUT2D eigenvalue weighted by Gasteiger charge is -2.17. The molecule has 1 amide bonds. The molecule has 7 heteroatoms. The van der Waals surface area contributed by atoms with Crippen molar-refractivity contribution < 1.29 is 14.1 Å². The summed E-state index contributed by atoms with van der Waals surface area (Å²) in [6.07, 6.45) is 4.31. The summed E-state index contributed by atoms with van der Waals surface area (Å²) in [5.74, 6) is -0.493. The molecule has 21 heavy (non-hydrogen) atoms. The second-order valence-electron chi connectivity index (χ2n) is 5.82. The third-order valence-electron chi connectivity index (χ3n) is 4.11. The molecule has 2 fully saturated rings. The molecule has 2 saturated carbocycles. The maximum Gasteiger partial charge on any atom is 0.285 e. The molecule has 6 nitrogen and oxygen atoms in total. The first-order valence-electron chi connectivity index (χ1n) is 7.01. The Morgan fingerprint density at radius 2 is 1.90 bits per heavy atom. The van der Waals surface area contributed by atoms with E-state index in [9.17, 15) is 19.3 Å². The molecule has 3 rings (SSSR count). The van der Waals surface area contributed by atoms with Crippen molar-refractivity contribution in [3.8, 4) is 0 Å². The molecule has 0 spiro atoms. The van der Waals surface area contributed by atoms with Crippen molar-refractivity contribution in [1.29, 1.82) is 0 Å². The fraction of sp³-hybridized carbons (Fsp3) is 0.500. The molecule has 0 heterocycles. The zero-order valence-corrected chi connectivity index (χ0v) is 11.3. The fourth-order valence-corrected chi connectivity index (χ4v) is 2.67. The van der Waals surface area contributed by atoms with E-state index >= 15 is 0 Å². The summed E-state index contributed by atoms with van der Waals surface area (Å²) in [6.45, 7) is 0. The minimum atomic E-state index is -0.890. The normalized spacial score (nSPS) is 17.8. The molecule has 3 N–H and O–H groups in total. The average molecular weight is 293 g/mol. The number of hydrogen-bond acceptors (Lipinski definition) is 4. The van der Waals surface area contributed by atoms with Crippen LogP contribution in [-0.2, 0) is 0 Å². The summed E-state index contributed by atoms with van der Waals surface area (Å²) in [5.41, 5.74) is 4.43. The van der Waals surface area contributed by atoms with Gasteiger partial charge in [0.15, 0.2) is 5.82 Å². The van der Waals surface area contributed by atoms with Gasteiger partial charge in [-0.05, 0) is 43.6 Å². The molecule has 0 bridgehead atoms. The van der Waals surface area contributed by atoms with E-state index in [-0.39, 0.29) is 17.3 Å². The molecule has 1 aromatic rings. The molecule has 2 aliphatic rings. The zero-order chi connectivity index (χ0) is 15.1. The Morgan fingerprint density at radius 3 is 2.38 bits per heavy atom. The Hall–Kier alpha value is -2.18. The lowest BCUT2D eigenvalue weighted by atomic mass is 10.1. The molecule has 0 aromatic heterocycles. The summed E-state index contributed by atoms with van der Waals surface area (Å²) in [7, 11) is 0. The number of rotatable bonds is 5. The van der Waals surface area contributed by atoms with Gasteiger partial charge < -0.3 is 11.1 Å². The number of benzene rings is 1. The van der Waals surface area contributed by atoms with E-state index in [0.29, 0.717) is 17.9 Å². The number of hydrogen-bond donors (Lipinski definition) is 2. The lowest BCUT2D eigenvalue weighted by molar-refractivity contribution is -0.385. The van der Waals surface area contributed by atoms with Crippen LogP contribution >= 0.6 is 0 Å². The molecule has 1 aromatic carbocycles. The fourth-order valence-electron chi connectivity index (χ4n) is 2.67. The van der Waals surface area contributed by atoms with Crippen LogP contribution < -0.4 is 11.1 Å². The third kappa shape index (κ3) is 2.81. The summed E-state index contributed by atoms with van der Waals surface area (Å²) in [5, 5.41) is 13.9. The number of amides is 1. The largest absolute Gasteiger partial charge is 0.396 e. The molecule has 0 aliphatic heterocycles. The summed E-state index contributed by atoms with van der Waals surface area (Å²) in [4.78, 5) is 22.5. The van der Waals surface area contributed by atoms with Gasteiger partial charge in [0.2, 0.25) is 0 Å². The SMILES string of the molecule is Nc1cc(C(=O)NC(C2CC2)C2CC2)c([N+](=O)[O-])cc1F. The Balaban J connectivity index is 1.86. The number of halogens is 1. The number of nitrogen functional groups attached to an aromatic ring is 1. The molecular formula is C14H16FN3O3. The molecule has 0 atom stereocenters. The van der Waals surface area contributed by atoms with E-state index in [1.54, 1.807) is 0 Å². The number of nitrogens with two attached hydrogens (primary N) is 1. The predicted molar refractivity (Wildman–Crippen MR) is 74.2 cm³/mol. The van der Waals surface area contributed by atoms with Crippen LogP contribution in [0.2, 0.25) is 0 Å². The van der Waals surface area contributed by atoms with Crippen LogP contribution in [0.1, 0.15) is 36.0 Å². The van der Waals surface area contributed by atoms with Gasteiger partial charge in [-0.3, -0.25) is 14.9 Å². The Bertz CT molecular complexity index is 600. The number of nitro groups is 1. The van der Waals surface area contributed by atoms with Crippen LogP contribution in [0.4, 0.5) is 15.8 Å². The van der Waals surface area contributed by atoms with Gasteiger partial charge in [0.1, 0.15) is 5.56 Å². The molecule has 0 radical (unpaired) electrons. The number of nitrogens with one attached hydrogen (secondary N) is 1. The van der Waals surface area contributed by atoms with Crippen molar-refractivity contribution in [1.82, 2.24) is 5.32 Å². The lowest BCUT2D eigenvalue weighted by Crippen LogP contribution is -2.38. The monoisotopic (exact) mass is 293 g/mol. The zero-order valence-electron chi connectivity index (χ0n) is 11.3. The summed E-state index contributed by atoms with van der Waals surface area (Å²) in [6, 6.07) is 1.82. The first-order chi connectivity index (χ1) is 9.97.